The summed E-state index contributed by atoms with van der Waals surface area (Å²) in [6.07, 6.45) is -0.760. The summed E-state index contributed by atoms with van der Waals surface area (Å²) in [7, 11) is 1.28. The van der Waals surface area contributed by atoms with Crippen LogP contribution in [0.4, 0.5) is 4.79 Å². The van der Waals surface area contributed by atoms with Crippen molar-refractivity contribution in [2.75, 3.05) is 7.11 Å². The fourth-order valence-electron chi connectivity index (χ4n) is 3.00. The maximum atomic E-state index is 13.0. The Morgan fingerprint density at radius 1 is 0.944 bits per heavy atom. The Kier molecular flexibility index (Phi) is 10.0. The standard InChI is InChI=1S/C26H31ClINO7/c1-25(2,3)35-23(31)20(29-24(32)36-26(4,5)6)13-15-12-18(14-19(21(15)28)22(30)33-7)34-17-10-8-16(27)9-11-17/h8-12,14,20H,13H2,1-7H3,(H,29,32). The van der Waals surface area contributed by atoms with Crippen LogP contribution in [-0.4, -0.2) is 42.4 Å². The van der Waals surface area contributed by atoms with E-state index in [9.17, 15) is 14.4 Å². The van der Waals surface area contributed by atoms with Gasteiger partial charge in [-0.15, -0.1) is 0 Å². The summed E-state index contributed by atoms with van der Waals surface area (Å²) in [6.45, 7) is 10.4. The van der Waals surface area contributed by atoms with Crippen molar-refractivity contribution < 1.29 is 33.3 Å². The zero-order chi connectivity index (χ0) is 27.3. The van der Waals surface area contributed by atoms with Gasteiger partial charge < -0.3 is 24.3 Å². The van der Waals surface area contributed by atoms with E-state index in [1.165, 1.54) is 7.11 Å². The SMILES string of the molecule is COC(=O)c1cc(Oc2ccc(Cl)cc2)cc(CC(NC(=O)OC(C)(C)C)C(=O)OC(C)(C)C)c1I. The lowest BCUT2D eigenvalue weighted by Crippen LogP contribution is -2.47. The van der Waals surface area contributed by atoms with Gasteiger partial charge in [-0.1, -0.05) is 11.6 Å². The van der Waals surface area contributed by atoms with E-state index in [2.05, 4.69) is 5.32 Å². The summed E-state index contributed by atoms with van der Waals surface area (Å²) in [6, 6.07) is 8.87. The van der Waals surface area contributed by atoms with Crippen molar-refractivity contribution in [3.05, 3.63) is 56.1 Å². The monoisotopic (exact) mass is 631 g/mol. The molecule has 36 heavy (non-hydrogen) atoms. The molecule has 1 atom stereocenters. The van der Waals surface area contributed by atoms with Gasteiger partial charge in [0.15, 0.2) is 0 Å². The molecule has 1 unspecified atom stereocenters. The van der Waals surface area contributed by atoms with Gasteiger partial charge in [0.05, 0.1) is 12.7 Å². The van der Waals surface area contributed by atoms with Crippen LogP contribution >= 0.6 is 34.2 Å². The van der Waals surface area contributed by atoms with Crippen LogP contribution < -0.4 is 10.1 Å². The molecule has 0 radical (unpaired) electrons. The molecular formula is C26H31ClINO7. The molecule has 0 saturated carbocycles. The van der Waals surface area contributed by atoms with Gasteiger partial charge in [0.25, 0.3) is 0 Å². The van der Waals surface area contributed by atoms with Gasteiger partial charge in [0.2, 0.25) is 0 Å². The molecule has 0 aromatic heterocycles. The maximum absolute atomic E-state index is 13.0. The number of methoxy groups -OCH3 is 1. The molecule has 10 heteroatoms. The molecule has 2 rings (SSSR count). The summed E-state index contributed by atoms with van der Waals surface area (Å²) < 4.78 is 22.3. The lowest BCUT2D eigenvalue weighted by Gasteiger charge is -2.26. The average Bonchev–Trinajstić information content (AvgIpc) is 2.73. The van der Waals surface area contributed by atoms with Gasteiger partial charge in [0.1, 0.15) is 28.7 Å². The zero-order valence-corrected chi connectivity index (χ0v) is 24.3. The van der Waals surface area contributed by atoms with Crippen molar-refractivity contribution in [3.63, 3.8) is 0 Å². The van der Waals surface area contributed by atoms with Gasteiger partial charge in [-0.05, 0) is 106 Å². The van der Waals surface area contributed by atoms with E-state index in [0.29, 0.717) is 25.7 Å². The minimum absolute atomic E-state index is 0.00818. The van der Waals surface area contributed by atoms with Crippen LogP contribution in [0.2, 0.25) is 5.02 Å². The third kappa shape index (κ3) is 9.50. The number of benzene rings is 2. The zero-order valence-electron chi connectivity index (χ0n) is 21.4. The second kappa shape index (κ2) is 12.1. The Hall–Kier alpha value is -2.53. The number of halogens is 2. The van der Waals surface area contributed by atoms with Crippen molar-refractivity contribution in [3.8, 4) is 11.5 Å². The number of hydrogen-bond donors (Lipinski definition) is 1. The van der Waals surface area contributed by atoms with Crippen molar-refractivity contribution in [2.45, 2.75) is 65.2 Å². The molecule has 0 spiro atoms. The molecule has 0 aliphatic carbocycles. The van der Waals surface area contributed by atoms with E-state index in [0.717, 1.165) is 0 Å². The van der Waals surface area contributed by atoms with E-state index in [4.69, 9.17) is 30.5 Å². The quantitative estimate of drug-likeness (QED) is 0.217. The van der Waals surface area contributed by atoms with E-state index < -0.39 is 35.3 Å². The molecule has 0 aliphatic heterocycles. The van der Waals surface area contributed by atoms with Crippen LogP contribution in [0, 0.1) is 3.57 Å². The largest absolute Gasteiger partial charge is 0.465 e. The first-order valence-corrected chi connectivity index (χ1v) is 12.6. The third-order valence-electron chi connectivity index (χ3n) is 4.38. The molecule has 0 saturated heterocycles. The molecule has 0 fully saturated rings. The smallest absolute Gasteiger partial charge is 0.408 e. The van der Waals surface area contributed by atoms with Crippen molar-refractivity contribution >= 4 is 52.2 Å². The predicted molar refractivity (Wildman–Crippen MR) is 145 cm³/mol. The lowest BCUT2D eigenvalue weighted by molar-refractivity contribution is -0.157. The Morgan fingerprint density at radius 3 is 2.06 bits per heavy atom. The number of alkyl carbamates (subject to hydrolysis) is 1. The fraction of sp³-hybridized carbons (Fsp3) is 0.423. The van der Waals surface area contributed by atoms with Gasteiger partial charge >= 0.3 is 18.0 Å². The van der Waals surface area contributed by atoms with Gasteiger partial charge in [-0.25, -0.2) is 14.4 Å². The lowest BCUT2D eigenvalue weighted by atomic mass is 10.0. The number of carbonyl (C=O) groups is 3. The predicted octanol–water partition coefficient (Wildman–Crippen LogP) is 6.30. The molecule has 0 bridgehead atoms. The first-order chi connectivity index (χ1) is 16.6. The second-order valence-corrected chi connectivity index (χ2v) is 11.4. The van der Waals surface area contributed by atoms with Crippen LogP contribution in [0.5, 0.6) is 11.5 Å². The highest BCUT2D eigenvalue weighted by Gasteiger charge is 2.30. The van der Waals surface area contributed by atoms with Gasteiger partial charge in [-0.3, -0.25) is 0 Å². The molecule has 1 amide bonds. The van der Waals surface area contributed by atoms with Crippen molar-refractivity contribution in [1.29, 1.82) is 0 Å². The van der Waals surface area contributed by atoms with Crippen molar-refractivity contribution in [2.24, 2.45) is 0 Å². The maximum Gasteiger partial charge on any atom is 0.408 e. The molecule has 2 aromatic rings. The van der Waals surface area contributed by atoms with Crippen molar-refractivity contribution in [1.82, 2.24) is 5.32 Å². The summed E-state index contributed by atoms with van der Waals surface area (Å²) in [5.41, 5.74) is -0.731. The number of ether oxygens (including phenoxy) is 4. The summed E-state index contributed by atoms with van der Waals surface area (Å²) in [4.78, 5) is 38.0. The summed E-state index contributed by atoms with van der Waals surface area (Å²) in [5, 5.41) is 3.15. The number of rotatable bonds is 7. The summed E-state index contributed by atoms with van der Waals surface area (Å²) in [5.74, 6) is -0.379. The van der Waals surface area contributed by atoms with Gasteiger partial charge in [-0.2, -0.15) is 0 Å². The first kappa shape index (κ1) is 29.7. The highest BCUT2D eigenvalue weighted by molar-refractivity contribution is 14.1. The van der Waals surface area contributed by atoms with Crippen LogP contribution in [0.15, 0.2) is 36.4 Å². The molecule has 196 valence electrons. The van der Waals surface area contributed by atoms with E-state index in [1.807, 2.05) is 22.6 Å². The third-order valence-corrected chi connectivity index (χ3v) is 5.91. The molecule has 1 N–H and O–H groups in total. The second-order valence-electron chi connectivity index (χ2n) is 9.93. The summed E-state index contributed by atoms with van der Waals surface area (Å²) >= 11 is 7.96. The Morgan fingerprint density at radius 2 is 1.53 bits per heavy atom. The van der Waals surface area contributed by atoms with E-state index >= 15 is 0 Å². The molecule has 0 heterocycles. The highest BCUT2D eigenvalue weighted by Crippen LogP contribution is 2.30. The molecule has 8 nitrogen and oxygen atoms in total. The number of esters is 2. The number of nitrogens with one attached hydrogen (secondary N) is 1. The molecule has 0 aliphatic rings. The highest BCUT2D eigenvalue weighted by atomic mass is 127. The van der Waals surface area contributed by atoms with Gasteiger partial charge in [0, 0.05) is 15.0 Å². The van der Waals surface area contributed by atoms with Crippen LogP contribution in [0.1, 0.15) is 57.5 Å². The minimum atomic E-state index is -1.09. The normalized spacial score (nSPS) is 12.4. The number of hydrogen-bond acceptors (Lipinski definition) is 7. The van der Waals surface area contributed by atoms with Crippen LogP contribution in [0.3, 0.4) is 0 Å². The topological polar surface area (TPSA) is 100 Å². The van der Waals surface area contributed by atoms with E-state index in [-0.39, 0.29) is 12.0 Å². The fourth-order valence-corrected chi connectivity index (χ4v) is 3.87. The minimum Gasteiger partial charge on any atom is -0.465 e. The Balaban J connectivity index is 2.47. The molecule has 2 aromatic carbocycles. The Bertz CT molecular complexity index is 1110. The number of amides is 1. The molecular weight excluding hydrogens is 601 g/mol. The Labute approximate surface area is 230 Å². The van der Waals surface area contributed by atoms with Crippen LogP contribution in [-0.2, 0) is 25.4 Å². The number of carbonyl (C=O) groups excluding carboxylic acids is 3. The van der Waals surface area contributed by atoms with E-state index in [1.54, 1.807) is 77.9 Å². The first-order valence-electron chi connectivity index (χ1n) is 11.1. The van der Waals surface area contributed by atoms with Crippen LogP contribution in [0.25, 0.3) is 0 Å². The average molecular weight is 632 g/mol.